The van der Waals surface area contributed by atoms with Crippen LogP contribution in [0.1, 0.15) is 6.42 Å². The standard InChI is InChI=1S/C6H12N2O3/c1-10-6(5(9)8-7)2-3-11-4-6/h2-4,7H2,1H3,(H,8,9). The third kappa shape index (κ3) is 1.35. The zero-order valence-electron chi connectivity index (χ0n) is 6.42. The number of amides is 1. The van der Waals surface area contributed by atoms with Crippen LogP contribution in [0.25, 0.3) is 0 Å². The summed E-state index contributed by atoms with van der Waals surface area (Å²) < 4.78 is 10.1. The molecule has 1 saturated heterocycles. The number of ether oxygens (including phenoxy) is 2. The van der Waals surface area contributed by atoms with E-state index >= 15 is 0 Å². The molecule has 1 atom stereocenters. The quantitative estimate of drug-likeness (QED) is 0.302. The predicted molar refractivity (Wildman–Crippen MR) is 37.5 cm³/mol. The number of methoxy groups -OCH3 is 1. The van der Waals surface area contributed by atoms with Gasteiger partial charge >= 0.3 is 0 Å². The molecule has 1 amide bonds. The summed E-state index contributed by atoms with van der Waals surface area (Å²) in [4.78, 5) is 11.1. The van der Waals surface area contributed by atoms with Crippen LogP contribution in [0.5, 0.6) is 0 Å². The first-order valence-electron chi connectivity index (χ1n) is 3.39. The SMILES string of the molecule is COC1(C(=O)NN)CCOC1. The van der Waals surface area contributed by atoms with Gasteiger partial charge in [-0.3, -0.25) is 10.2 Å². The summed E-state index contributed by atoms with van der Waals surface area (Å²) in [6.45, 7) is 0.827. The molecule has 1 fully saturated rings. The maximum absolute atomic E-state index is 11.1. The molecule has 5 nitrogen and oxygen atoms in total. The van der Waals surface area contributed by atoms with E-state index in [0.29, 0.717) is 13.0 Å². The Morgan fingerprint density at radius 2 is 2.55 bits per heavy atom. The van der Waals surface area contributed by atoms with E-state index in [9.17, 15) is 4.79 Å². The van der Waals surface area contributed by atoms with Crippen molar-refractivity contribution in [3.8, 4) is 0 Å². The van der Waals surface area contributed by atoms with Crippen molar-refractivity contribution in [3.05, 3.63) is 0 Å². The molecule has 0 aromatic rings. The molecular formula is C6H12N2O3. The van der Waals surface area contributed by atoms with Crippen LogP contribution in [0.4, 0.5) is 0 Å². The first-order valence-corrected chi connectivity index (χ1v) is 3.39. The van der Waals surface area contributed by atoms with Crippen LogP contribution in [0.3, 0.4) is 0 Å². The van der Waals surface area contributed by atoms with E-state index in [-0.39, 0.29) is 12.5 Å². The van der Waals surface area contributed by atoms with Crippen molar-refractivity contribution in [1.82, 2.24) is 5.43 Å². The fourth-order valence-electron chi connectivity index (χ4n) is 1.11. The number of carbonyl (C=O) groups is 1. The predicted octanol–water partition coefficient (Wildman–Crippen LogP) is -1.22. The van der Waals surface area contributed by atoms with Gasteiger partial charge < -0.3 is 9.47 Å². The van der Waals surface area contributed by atoms with Crippen molar-refractivity contribution in [2.45, 2.75) is 12.0 Å². The normalized spacial score (nSPS) is 30.4. The number of nitrogens with two attached hydrogens (primary N) is 1. The van der Waals surface area contributed by atoms with E-state index in [1.165, 1.54) is 7.11 Å². The lowest BCUT2D eigenvalue weighted by molar-refractivity contribution is -0.143. The summed E-state index contributed by atoms with van der Waals surface area (Å²) in [7, 11) is 1.48. The maximum atomic E-state index is 11.1. The van der Waals surface area contributed by atoms with Gasteiger partial charge in [-0.05, 0) is 0 Å². The molecule has 0 radical (unpaired) electrons. The highest BCUT2D eigenvalue weighted by Gasteiger charge is 2.42. The Hall–Kier alpha value is -0.650. The number of rotatable bonds is 2. The van der Waals surface area contributed by atoms with Crippen LogP contribution < -0.4 is 11.3 Å². The molecule has 0 saturated carbocycles. The number of nitrogens with one attached hydrogen (secondary N) is 1. The molecular weight excluding hydrogens is 148 g/mol. The fraction of sp³-hybridized carbons (Fsp3) is 0.833. The summed E-state index contributed by atoms with van der Waals surface area (Å²) >= 11 is 0. The molecule has 11 heavy (non-hydrogen) atoms. The molecule has 5 heteroatoms. The Bertz CT molecular complexity index is 154. The summed E-state index contributed by atoms with van der Waals surface area (Å²) in [6.07, 6.45) is 0.562. The van der Waals surface area contributed by atoms with Crippen molar-refractivity contribution in [2.75, 3.05) is 20.3 Å². The largest absolute Gasteiger partial charge is 0.378 e. The van der Waals surface area contributed by atoms with Crippen molar-refractivity contribution in [3.63, 3.8) is 0 Å². The van der Waals surface area contributed by atoms with Gasteiger partial charge in [0.25, 0.3) is 5.91 Å². The minimum Gasteiger partial charge on any atom is -0.378 e. The second-order valence-electron chi connectivity index (χ2n) is 2.47. The fourth-order valence-corrected chi connectivity index (χ4v) is 1.11. The van der Waals surface area contributed by atoms with Gasteiger partial charge in [0, 0.05) is 13.5 Å². The highest BCUT2D eigenvalue weighted by atomic mass is 16.6. The Morgan fingerprint density at radius 3 is 2.91 bits per heavy atom. The van der Waals surface area contributed by atoms with Crippen LogP contribution in [0.2, 0.25) is 0 Å². The molecule has 0 spiro atoms. The molecule has 0 aliphatic carbocycles. The lowest BCUT2D eigenvalue weighted by Crippen LogP contribution is -2.51. The van der Waals surface area contributed by atoms with E-state index in [1.54, 1.807) is 0 Å². The number of carbonyl (C=O) groups excluding carboxylic acids is 1. The van der Waals surface area contributed by atoms with Crippen LogP contribution in [0.15, 0.2) is 0 Å². The average Bonchev–Trinajstić information content (AvgIpc) is 2.52. The summed E-state index contributed by atoms with van der Waals surface area (Å²) in [5, 5.41) is 0. The second kappa shape index (κ2) is 3.17. The second-order valence-corrected chi connectivity index (χ2v) is 2.47. The van der Waals surface area contributed by atoms with Gasteiger partial charge in [0.1, 0.15) is 0 Å². The molecule has 1 unspecified atom stereocenters. The Kier molecular flexibility index (Phi) is 2.43. The molecule has 0 aromatic heterocycles. The van der Waals surface area contributed by atoms with Gasteiger partial charge in [0.05, 0.1) is 13.2 Å². The van der Waals surface area contributed by atoms with E-state index in [4.69, 9.17) is 15.3 Å². The topological polar surface area (TPSA) is 73.6 Å². The Morgan fingerprint density at radius 1 is 1.82 bits per heavy atom. The molecule has 1 heterocycles. The average molecular weight is 160 g/mol. The van der Waals surface area contributed by atoms with Crippen LogP contribution in [0, 0.1) is 0 Å². The van der Waals surface area contributed by atoms with Gasteiger partial charge in [-0.2, -0.15) is 0 Å². The van der Waals surface area contributed by atoms with Crippen molar-refractivity contribution >= 4 is 5.91 Å². The minimum absolute atomic E-state index is 0.284. The lowest BCUT2D eigenvalue weighted by atomic mass is 10.0. The van der Waals surface area contributed by atoms with E-state index in [1.807, 2.05) is 0 Å². The van der Waals surface area contributed by atoms with E-state index in [0.717, 1.165) is 0 Å². The third-order valence-electron chi connectivity index (χ3n) is 1.92. The molecule has 1 rings (SSSR count). The van der Waals surface area contributed by atoms with E-state index < -0.39 is 5.60 Å². The van der Waals surface area contributed by atoms with Gasteiger partial charge in [0.15, 0.2) is 5.60 Å². The number of hydrogen-bond acceptors (Lipinski definition) is 4. The molecule has 0 aromatic carbocycles. The van der Waals surface area contributed by atoms with Gasteiger partial charge in [0.2, 0.25) is 0 Å². The van der Waals surface area contributed by atoms with Crippen LogP contribution >= 0.6 is 0 Å². The zero-order valence-corrected chi connectivity index (χ0v) is 6.42. The molecule has 3 N–H and O–H groups in total. The van der Waals surface area contributed by atoms with Crippen LogP contribution in [-0.2, 0) is 14.3 Å². The smallest absolute Gasteiger partial charge is 0.268 e. The number of hydrazine groups is 1. The van der Waals surface area contributed by atoms with Crippen molar-refractivity contribution in [2.24, 2.45) is 5.84 Å². The highest BCUT2D eigenvalue weighted by molar-refractivity contribution is 5.85. The monoisotopic (exact) mass is 160 g/mol. The lowest BCUT2D eigenvalue weighted by Gasteiger charge is -2.22. The zero-order chi connectivity index (χ0) is 8.32. The van der Waals surface area contributed by atoms with E-state index in [2.05, 4.69) is 5.43 Å². The molecule has 0 bridgehead atoms. The summed E-state index contributed by atoms with van der Waals surface area (Å²) in [6, 6.07) is 0. The first-order chi connectivity index (χ1) is 5.25. The molecule has 64 valence electrons. The molecule has 1 aliphatic heterocycles. The van der Waals surface area contributed by atoms with Crippen LogP contribution in [-0.4, -0.2) is 31.8 Å². The third-order valence-corrected chi connectivity index (χ3v) is 1.92. The minimum atomic E-state index is -0.852. The maximum Gasteiger partial charge on any atom is 0.268 e. The summed E-state index contributed by atoms with van der Waals surface area (Å²) in [5.74, 6) is 4.66. The Balaban J connectivity index is 2.66. The number of hydrogen-bond donors (Lipinski definition) is 2. The van der Waals surface area contributed by atoms with Crippen molar-refractivity contribution < 1.29 is 14.3 Å². The molecule has 1 aliphatic rings. The van der Waals surface area contributed by atoms with Crippen molar-refractivity contribution in [1.29, 1.82) is 0 Å². The first kappa shape index (κ1) is 8.45. The highest BCUT2D eigenvalue weighted by Crippen LogP contribution is 2.21. The summed E-state index contributed by atoms with van der Waals surface area (Å²) in [5.41, 5.74) is 1.20. The van der Waals surface area contributed by atoms with Gasteiger partial charge in [-0.1, -0.05) is 0 Å². The van der Waals surface area contributed by atoms with Gasteiger partial charge in [-0.15, -0.1) is 0 Å². The Labute approximate surface area is 64.8 Å². The van der Waals surface area contributed by atoms with Gasteiger partial charge in [-0.25, -0.2) is 5.84 Å².